The van der Waals surface area contributed by atoms with Crippen molar-refractivity contribution in [2.24, 2.45) is 0 Å². The number of amides is 2. The average molecular weight is 492 g/mol. The number of nitrogens with one attached hydrogen (secondary N) is 1. The number of carboxylic acids is 1. The first-order chi connectivity index (χ1) is 16.6. The van der Waals surface area contributed by atoms with Gasteiger partial charge in [0.1, 0.15) is 12.6 Å². The first kappa shape index (κ1) is 24.5. The van der Waals surface area contributed by atoms with Crippen molar-refractivity contribution in [2.75, 3.05) is 26.3 Å². The van der Waals surface area contributed by atoms with Gasteiger partial charge in [0.25, 0.3) is 0 Å². The highest BCUT2D eigenvalue weighted by atomic mass is 19.4. The zero-order valence-electron chi connectivity index (χ0n) is 18.5. The van der Waals surface area contributed by atoms with Crippen molar-refractivity contribution in [3.05, 3.63) is 59.7 Å². The van der Waals surface area contributed by atoms with Gasteiger partial charge in [-0.05, 0) is 22.3 Å². The van der Waals surface area contributed by atoms with Crippen LogP contribution in [0.15, 0.2) is 48.5 Å². The van der Waals surface area contributed by atoms with Crippen molar-refractivity contribution in [1.29, 1.82) is 0 Å². The molecule has 0 radical (unpaired) electrons. The lowest BCUT2D eigenvalue weighted by atomic mass is 9.98. The maximum Gasteiger partial charge on any atom is 0.416 e. The zero-order valence-corrected chi connectivity index (χ0v) is 18.5. The van der Waals surface area contributed by atoms with Gasteiger partial charge >= 0.3 is 18.2 Å². The Morgan fingerprint density at radius 2 is 1.69 bits per heavy atom. The summed E-state index contributed by atoms with van der Waals surface area (Å²) in [5, 5.41) is 11.4. The molecule has 1 saturated heterocycles. The van der Waals surface area contributed by atoms with Gasteiger partial charge in [-0.25, -0.2) is 4.79 Å². The van der Waals surface area contributed by atoms with E-state index in [1.165, 1.54) is 0 Å². The number of fused-ring (bicyclic) bond motifs is 3. The Morgan fingerprint density at radius 1 is 1.09 bits per heavy atom. The van der Waals surface area contributed by atoms with Crippen molar-refractivity contribution in [3.8, 4) is 11.1 Å². The normalized spacial score (nSPS) is 18.4. The molecule has 2 aliphatic rings. The number of carbonyl (C=O) groups is 3. The number of benzene rings is 2. The van der Waals surface area contributed by atoms with Gasteiger partial charge in [-0.1, -0.05) is 48.5 Å². The predicted molar refractivity (Wildman–Crippen MR) is 117 cm³/mol. The Labute approximate surface area is 198 Å². The number of carboxylic acid groups (broad SMARTS) is 1. The largest absolute Gasteiger partial charge is 0.481 e. The molecule has 0 bridgehead atoms. The van der Waals surface area contributed by atoms with E-state index in [0.29, 0.717) is 0 Å². The summed E-state index contributed by atoms with van der Waals surface area (Å²) in [6.07, 6.45) is -8.70. The lowest BCUT2D eigenvalue weighted by molar-refractivity contribution is -0.236. The smallest absolute Gasteiger partial charge is 0.416 e. The summed E-state index contributed by atoms with van der Waals surface area (Å²) in [6, 6.07) is 13.7. The standard InChI is InChI=1S/C24H23F3N2O6/c25-24(26,27)20-12-29(9-10-34-20)22(32)19(11-21(30)31)28-23(33)35-13-18-16-7-3-1-5-14(16)15-6-2-4-8-17(15)18/h1-8,18-20H,9-13H2,(H,28,33)(H,30,31). The van der Waals surface area contributed by atoms with E-state index in [0.717, 1.165) is 27.2 Å². The molecule has 8 nitrogen and oxygen atoms in total. The minimum Gasteiger partial charge on any atom is -0.481 e. The molecule has 35 heavy (non-hydrogen) atoms. The molecule has 1 fully saturated rings. The van der Waals surface area contributed by atoms with Gasteiger partial charge in [-0.2, -0.15) is 13.2 Å². The molecule has 0 spiro atoms. The van der Waals surface area contributed by atoms with E-state index in [2.05, 4.69) is 10.1 Å². The number of nitrogens with zero attached hydrogens (tertiary/aromatic N) is 1. The SMILES string of the molecule is O=C(O)CC(NC(=O)OCC1c2ccccc2-c2ccccc21)C(=O)N1CCOC(C(F)(F)F)C1. The van der Waals surface area contributed by atoms with Crippen LogP contribution in [-0.2, 0) is 19.1 Å². The molecular formula is C24H23F3N2O6. The molecular weight excluding hydrogens is 469 g/mol. The van der Waals surface area contributed by atoms with E-state index in [-0.39, 0.29) is 25.7 Å². The Kier molecular flexibility index (Phi) is 6.97. The Balaban J connectivity index is 1.42. The molecule has 2 unspecified atom stereocenters. The van der Waals surface area contributed by atoms with Gasteiger partial charge in [0.2, 0.25) is 5.91 Å². The zero-order chi connectivity index (χ0) is 25.2. The molecule has 2 atom stereocenters. The number of carbonyl (C=O) groups excluding carboxylic acids is 2. The number of hydrogen-bond donors (Lipinski definition) is 2. The fourth-order valence-corrected chi connectivity index (χ4v) is 4.42. The summed E-state index contributed by atoms with van der Waals surface area (Å²) in [4.78, 5) is 37.4. The monoisotopic (exact) mass is 492 g/mol. The Hall–Kier alpha value is -3.60. The lowest BCUT2D eigenvalue weighted by Crippen LogP contribution is -2.56. The van der Waals surface area contributed by atoms with Gasteiger partial charge in [0, 0.05) is 12.5 Å². The van der Waals surface area contributed by atoms with E-state index < -0.39 is 49.3 Å². The maximum atomic E-state index is 13.0. The molecule has 1 aliphatic carbocycles. The molecule has 0 saturated carbocycles. The molecule has 2 amide bonds. The summed E-state index contributed by atoms with van der Waals surface area (Å²) >= 11 is 0. The molecule has 4 rings (SSSR count). The highest BCUT2D eigenvalue weighted by molar-refractivity contribution is 5.89. The molecule has 186 valence electrons. The second-order valence-electron chi connectivity index (χ2n) is 8.31. The van der Waals surface area contributed by atoms with Crippen molar-refractivity contribution in [2.45, 2.75) is 30.7 Å². The fraction of sp³-hybridized carbons (Fsp3) is 0.375. The Bertz CT molecular complexity index is 1080. The molecule has 2 N–H and O–H groups in total. The van der Waals surface area contributed by atoms with E-state index in [4.69, 9.17) is 4.74 Å². The first-order valence-electron chi connectivity index (χ1n) is 11.0. The number of rotatable bonds is 6. The highest BCUT2D eigenvalue weighted by Crippen LogP contribution is 2.44. The molecule has 1 heterocycles. The van der Waals surface area contributed by atoms with Crippen LogP contribution in [0.5, 0.6) is 0 Å². The van der Waals surface area contributed by atoms with E-state index in [1.54, 1.807) is 0 Å². The summed E-state index contributed by atoms with van der Waals surface area (Å²) in [7, 11) is 0. The van der Waals surface area contributed by atoms with Crippen molar-refractivity contribution in [3.63, 3.8) is 0 Å². The first-order valence-corrected chi connectivity index (χ1v) is 11.0. The maximum absolute atomic E-state index is 13.0. The molecule has 2 aromatic rings. The summed E-state index contributed by atoms with van der Waals surface area (Å²) in [5.74, 6) is -2.60. The minimum absolute atomic E-state index is 0.0679. The second kappa shape index (κ2) is 9.95. The number of alkyl halides is 3. The predicted octanol–water partition coefficient (Wildman–Crippen LogP) is 3.16. The third-order valence-corrected chi connectivity index (χ3v) is 6.06. The van der Waals surface area contributed by atoms with Gasteiger partial charge in [0.15, 0.2) is 6.10 Å². The van der Waals surface area contributed by atoms with Crippen molar-refractivity contribution in [1.82, 2.24) is 10.2 Å². The number of morpholine rings is 1. The van der Waals surface area contributed by atoms with Gasteiger partial charge in [-0.3, -0.25) is 9.59 Å². The van der Waals surface area contributed by atoms with Crippen LogP contribution in [-0.4, -0.2) is 72.6 Å². The van der Waals surface area contributed by atoms with Crippen molar-refractivity contribution >= 4 is 18.0 Å². The van der Waals surface area contributed by atoms with Gasteiger partial charge < -0.3 is 24.8 Å². The molecule has 0 aromatic heterocycles. The van der Waals surface area contributed by atoms with E-state index in [1.807, 2.05) is 48.5 Å². The molecule has 1 aliphatic heterocycles. The van der Waals surface area contributed by atoms with Crippen LogP contribution in [0.1, 0.15) is 23.5 Å². The topological polar surface area (TPSA) is 105 Å². The number of aliphatic carboxylic acids is 1. The average Bonchev–Trinajstić information content (AvgIpc) is 3.15. The van der Waals surface area contributed by atoms with Crippen LogP contribution >= 0.6 is 0 Å². The van der Waals surface area contributed by atoms with Crippen LogP contribution in [0.3, 0.4) is 0 Å². The number of alkyl carbamates (subject to hydrolysis) is 1. The number of hydrogen-bond acceptors (Lipinski definition) is 5. The van der Waals surface area contributed by atoms with Crippen LogP contribution in [0, 0.1) is 0 Å². The third-order valence-electron chi connectivity index (χ3n) is 6.06. The van der Waals surface area contributed by atoms with Crippen molar-refractivity contribution < 1.29 is 42.1 Å². The summed E-state index contributed by atoms with van der Waals surface area (Å²) in [5.41, 5.74) is 3.96. The van der Waals surface area contributed by atoms with Gasteiger partial charge in [0.05, 0.1) is 19.6 Å². The minimum atomic E-state index is -4.68. The molecule has 2 aromatic carbocycles. The summed E-state index contributed by atoms with van der Waals surface area (Å²) in [6.45, 7) is -1.37. The van der Waals surface area contributed by atoms with Crippen LogP contribution in [0.4, 0.5) is 18.0 Å². The lowest BCUT2D eigenvalue weighted by Gasteiger charge is -2.35. The number of ether oxygens (including phenoxy) is 2. The van der Waals surface area contributed by atoms with E-state index >= 15 is 0 Å². The van der Waals surface area contributed by atoms with Crippen LogP contribution in [0.25, 0.3) is 11.1 Å². The van der Waals surface area contributed by atoms with Gasteiger partial charge in [-0.15, -0.1) is 0 Å². The fourth-order valence-electron chi connectivity index (χ4n) is 4.42. The van der Waals surface area contributed by atoms with Crippen LogP contribution < -0.4 is 5.32 Å². The second-order valence-corrected chi connectivity index (χ2v) is 8.31. The molecule has 11 heteroatoms. The third kappa shape index (κ3) is 5.40. The van der Waals surface area contributed by atoms with E-state index in [9.17, 15) is 32.7 Å². The highest BCUT2D eigenvalue weighted by Gasteiger charge is 2.45. The quantitative estimate of drug-likeness (QED) is 0.642. The number of halogens is 3. The Morgan fingerprint density at radius 3 is 2.26 bits per heavy atom. The van der Waals surface area contributed by atoms with Crippen LogP contribution in [0.2, 0.25) is 0 Å². The summed E-state index contributed by atoms with van der Waals surface area (Å²) < 4.78 is 49.1.